The summed E-state index contributed by atoms with van der Waals surface area (Å²) in [5.74, 6) is -1.31. The number of aromatic nitrogens is 2. The standard InChI is InChI=1S/C16H11F2N5/c17-10-2-1-3-11(18)14(10)16-21-12-5-4-8(19)6-9(12)15-13(22-16)7-20-23-15/h1-7H,19H2,(H,20,23)(H,21,22). The Morgan fingerprint density at radius 3 is 2.61 bits per heavy atom. The zero-order valence-electron chi connectivity index (χ0n) is 11.8. The van der Waals surface area contributed by atoms with E-state index in [-0.39, 0.29) is 11.4 Å². The van der Waals surface area contributed by atoms with Gasteiger partial charge in [0.25, 0.3) is 0 Å². The number of aromatic amines is 1. The number of hydrogen-bond acceptors (Lipinski definition) is 4. The van der Waals surface area contributed by atoms with Crippen molar-refractivity contribution in [3.63, 3.8) is 0 Å². The topological polar surface area (TPSA) is 79.1 Å². The second-order valence-electron chi connectivity index (χ2n) is 5.12. The molecule has 114 valence electrons. The van der Waals surface area contributed by atoms with Gasteiger partial charge in [-0.3, -0.25) is 5.10 Å². The number of hydrogen-bond donors (Lipinski definition) is 3. The second-order valence-corrected chi connectivity index (χ2v) is 5.12. The lowest BCUT2D eigenvalue weighted by Gasteiger charge is -2.09. The lowest BCUT2D eigenvalue weighted by Crippen LogP contribution is -2.16. The number of amidine groups is 1. The van der Waals surface area contributed by atoms with Crippen molar-refractivity contribution in [2.75, 3.05) is 11.1 Å². The molecule has 0 spiro atoms. The molecule has 0 bridgehead atoms. The van der Waals surface area contributed by atoms with Gasteiger partial charge >= 0.3 is 0 Å². The highest BCUT2D eigenvalue weighted by atomic mass is 19.1. The van der Waals surface area contributed by atoms with Gasteiger partial charge < -0.3 is 11.1 Å². The van der Waals surface area contributed by atoms with Crippen LogP contribution >= 0.6 is 0 Å². The van der Waals surface area contributed by atoms with Crippen LogP contribution in [0, 0.1) is 11.6 Å². The molecule has 1 aliphatic heterocycles. The summed E-state index contributed by atoms with van der Waals surface area (Å²) in [7, 11) is 0. The maximum absolute atomic E-state index is 14.1. The molecule has 2 aromatic carbocycles. The fraction of sp³-hybridized carbons (Fsp3) is 0. The summed E-state index contributed by atoms with van der Waals surface area (Å²) in [5, 5.41) is 9.77. The van der Waals surface area contributed by atoms with Gasteiger partial charge in [-0.1, -0.05) is 6.07 Å². The van der Waals surface area contributed by atoms with E-state index in [0.29, 0.717) is 28.3 Å². The molecule has 0 atom stereocenters. The lowest BCUT2D eigenvalue weighted by atomic mass is 10.1. The van der Waals surface area contributed by atoms with Gasteiger partial charge in [0.15, 0.2) is 0 Å². The Kier molecular flexibility index (Phi) is 2.87. The molecule has 0 saturated carbocycles. The quantitative estimate of drug-likeness (QED) is 0.602. The van der Waals surface area contributed by atoms with Crippen molar-refractivity contribution in [3.05, 3.63) is 59.8 Å². The molecule has 0 amide bonds. The average molecular weight is 311 g/mol. The van der Waals surface area contributed by atoms with Crippen LogP contribution in [-0.2, 0) is 0 Å². The molecule has 3 aromatic rings. The molecule has 7 heteroatoms. The molecule has 0 saturated heterocycles. The summed E-state index contributed by atoms with van der Waals surface area (Å²) in [5.41, 5.74) is 8.63. The third kappa shape index (κ3) is 2.13. The maximum Gasteiger partial charge on any atom is 0.144 e. The van der Waals surface area contributed by atoms with Gasteiger partial charge in [-0.15, -0.1) is 0 Å². The minimum atomic E-state index is -0.694. The van der Waals surface area contributed by atoms with E-state index in [1.807, 2.05) is 0 Å². The summed E-state index contributed by atoms with van der Waals surface area (Å²) < 4.78 is 28.2. The smallest absolute Gasteiger partial charge is 0.144 e. The molecule has 0 unspecified atom stereocenters. The Morgan fingerprint density at radius 2 is 1.83 bits per heavy atom. The van der Waals surface area contributed by atoms with E-state index < -0.39 is 11.6 Å². The average Bonchev–Trinajstić information content (AvgIpc) is 2.91. The largest absolute Gasteiger partial charge is 0.399 e. The molecular formula is C16H11F2N5. The molecule has 0 fully saturated rings. The number of nitrogens with one attached hydrogen (secondary N) is 2. The minimum Gasteiger partial charge on any atom is -0.399 e. The first-order valence-electron chi connectivity index (χ1n) is 6.87. The third-order valence-electron chi connectivity index (χ3n) is 3.61. The first-order valence-corrected chi connectivity index (χ1v) is 6.87. The Bertz CT molecular complexity index is 925. The van der Waals surface area contributed by atoms with Gasteiger partial charge in [0.1, 0.15) is 17.5 Å². The number of H-pyrrole nitrogens is 1. The predicted molar refractivity (Wildman–Crippen MR) is 84.6 cm³/mol. The zero-order chi connectivity index (χ0) is 16.0. The van der Waals surface area contributed by atoms with Gasteiger partial charge in [-0.2, -0.15) is 5.10 Å². The number of nitrogens with zero attached hydrogens (tertiary/aromatic N) is 2. The lowest BCUT2D eigenvalue weighted by molar-refractivity contribution is 0.579. The Hall–Kier alpha value is -3.22. The first-order chi connectivity index (χ1) is 11.1. The maximum atomic E-state index is 14.1. The van der Waals surface area contributed by atoms with E-state index >= 15 is 0 Å². The van der Waals surface area contributed by atoms with Gasteiger partial charge in [-0.05, 0) is 30.3 Å². The molecule has 2 heterocycles. The van der Waals surface area contributed by atoms with E-state index in [9.17, 15) is 8.78 Å². The number of anilines is 2. The number of aliphatic imine (C=N–C) groups is 1. The fourth-order valence-corrected chi connectivity index (χ4v) is 2.56. The Morgan fingerprint density at radius 1 is 1.04 bits per heavy atom. The highest BCUT2D eigenvalue weighted by Crippen LogP contribution is 2.38. The summed E-state index contributed by atoms with van der Waals surface area (Å²) in [6, 6.07) is 8.79. The number of halogens is 2. The number of nitrogens with two attached hydrogens (primary N) is 1. The van der Waals surface area contributed by atoms with E-state index in [4.69, 9.17) is 5.73 Å². The molecule has 4 rings (SSSR count). The number of rotatable bonds is 1. The zero-order valence-corrected chi connectivity index (χ0v) is 11.8. The molecule has 4 N–H and O–H groups in total. The van der Waals surface area contributed by atoms with E-state index in [1.54, 1.807) is 18.2 Å². The van der Waals surface area contributed by atoms with Crippen molar-refractivity contribution in [1.29, 1.82) is 0 Å². The normalized spacial score (nSPS) is 12.7. The van der Waals surface area contributed by atoms with Crippen LogP contribution in [0.4, 0.5) is 25.8 Å². The highest BCUT2D eigenvalue weighted by Gasteiger charge is 2.22. The summed E-state index contributed by atoms with van der Waals surface area (Å²) in [6.45, 7) is 0. The molecule has 1 aromatic heterocycles. The van der Waals surface area contributed by atoms with Crippen molar-refractivity contribution in [1.82, 2.24) is 10.2 Å². The van der Waals surface area contributed by atoms with Crippen molar-refractivity contribution in [2.45, 2.75) is 0 Å². The van der Waals surface area contributed by atoms with Gasteiger partial charge in [0, 0.05) is 11.3 Å². The Balaban J connectivity index is 1.99. The molecule has 1 aliphatic rings. The second kappa shape index (κ2) is 4.91. The van der Waals surface area contributed by atoms with Crippen LogP contribution in [0.3, 0.4) is 0 Å². The summed E-state index contributed by atoms with van der Waals surface area (Å²) in [4.78, 5) is 4.38. The van der Waals surface area contributed by atoms with Crippen LogP contribution < -0.4 is 11.1 Å². The number of fused-ring (bicyclic) bond motifs is 3. The molecule has 23 heavy (non-hydrogen) atoms. The van der Waals surface area contributed by atoms with E-state index in [2.05, 4.69) is 20.5 Å². The molecule has 5 nitrogen and oxygen atoms in total. The van der Waals surface area contributed by atoms with E-state index in [1.165, 1.54) is 24.4 Å². The molecule has 0 aliphatic carbocycles. The van der Waals surface area contributed by atoms with Gasteiger partial charge in [-0.25, -0.2) is 13.8 Å². The highest BCUT2D eigenvalue weighted by molar-refractivity contribution is 6.13. The van der Waals surface area contributed by atoms with Crippen LogP contribution in [0.2, 0.25) is 0 Å². The predicted octanol–water partition coefficient (Wildman–Crippen LogP) is 3.44. The van der Waals surface area contributed by atoms with Gasteiger partial charge in [0.2, 0.25) is 0 Å². The van der Waals surface area contributed by atoms with Crippen molar-refractivity contribution in [3.8, 4) is 11.3 Å². The Labute approximate surface area is 129 Å². The van der Waals surface area contributed by atoms with Gasteiger partial charge in [0.05, 0.1) is 28.8 Å². The number of benzene rings is 2. The summed E-state index contributed by atoms with van der Waals surface area (Å²) >= 11 is 0. The van der Waals surface area contributed by atoms with Crippen LogP contribution in [0.15, 0.2) is 47.6 Å². The van der Waals surface area contributed by atoms with Crippen LogP contribution in [0.5, 0.6) is 0 Å². The van der Waals surface area contributed by atoms with E-state index in [0.717, 1.165) is 0 Å². The van der Waals surface area contributed by atoms with Crippen molar-refractivity contribution >= 4 is 22.9 Å². The molecule has 0 radical (unpaired) electrons. The monoisotopic (exact) mass is 311 g/mol. The molecular weight excluding hydrogens is 300 g/mol. The SMILES string of the molecule is Nc1ccc2c(c1)-c1[nH]ncc1NC(c1c(F)cccc1F)=N2. The third-order valence-corrected chi connectivity index (χ3v) is 3.61. The summed E-state index contributed by atoms with van der Waals surface area (Å²) in [6.07, 6.45) is 1.53. The van der Waals surface area contributed by atoms with Crippen molar-refractivity contribution in [2.24, 2.45) is 4.99 Å². The van der Waals surface area contributed by atoms with Crippen LogP contribution in [0.25, 0.3) is 11.3 Å². The van der Waals surface area contributed by atoms with Crippen LogP contribution in [-0.4, -0.2) is 16.0 Å². The first kappa shape index (κ1) is 13.4. The van der Waals surface area contributed by atoms with Crippen molar-refractivity contribution < 1.29 is 8.78 Å². The fourth-order valence-electron chi connectivity index (χ4n) is 2.56. The van der Waals surface area contributed by atoms with Crippen LogP contribution in [0.1, 0.15) is 5.56 Å². The minimum absolute atomic E-state index is 0.0757. The number of nitrogen functional groups attached to an aromatic ring is 1.